The molecule has 0 unspecified atom stereocenters. The molecule has 3 N–H and O–H groups in total. The Morgan fingerprint density at radius 3 is 2.63 bits per heavy atom. The Morgan fingerprint density at radius 2 is 1.93 bits per heavy atom. The van der Waals surface area contributed by atoms with Crippen molar-refractivity contribution in [1.29, 1.82) is 0 Å². The van der Waals surface area contributed by atoms with Crippen molar-refractivity contribution in [2.24, 2.45) is 0 Å². The summed E-state index contributed by atoms with van der Waals surface area (Å²) < 4.78 is 5.76. The third kappa shape index (κ3) is 5.62. The largest absolute Gasteiger partial charge is 0.492 e. The fourth-order valence-corrected chi connectivity index (χ4v) is 3.40. The SMILES string of the molecule is Cc1ccc(N)cc1C(=O)NC1CCN(CCOc2ccc(Cl)cc2)CC1. The Kier molecular flexibility index (Phi) is 6.58. The first kappa shape index (κ1) is 19.5. The van der Waals surface area contributed by atoms with Gasteiger partial charge in [-0.15, -0.1) is 0 Å². The average Bonchev–Trinajstić information content (AvgIpc) is 2.66. The molecule has 0 bridgehead atoms. The fraction of sp³-hybridized carbons (Fsp3) is 0.381. The van der Waals surface area contributed by atoms with Crippen LogP contribution in [0.4, 0.5) is 5.69 Å². The van der Waals surface area contributed by atoms with Crippen LogP contribution in [-0.2, 0) is 0 Å². The van der Waals surface area contributed by atoms with E-state index >= 15 is 0 Å². The molecule has 0 aromatic heterocycles. The van der Waals surface area contributed by atoms with E-state index < -0.39 is 0 Å². The van der Waals surface area contributed by atoms with E-state index in [-0.39, 0.29) is 11.9 Å². The monoisotopic (exact) mass is 387 g/mol. The Bertz CT molecular complexity index is 771. The number of nitrogens with two attached hydrogens (primary N) is 1. The molecule has 144 valence electrons. The maximum absolute atomic E-state index is 12.5. The second-order valence-corrected chi connectivity index (χ2v) is 7.40. The minimum absolute atomic E-state index is 0.0377. The average molecular weight is 388 g/mol. The van der Waals surface area contributed by atoms with E-state index in [0.29, 0.717) is 22.9 Å². The molecule has 27 heavy (non-hydrogen) atoms. The molecule has 1 amide bonds. The number of anilines is 1. The van der Waals surface area contributed by atoms with Gasteiger partial charge in [0.1, 0.15) is 12.4 Å². The molecule has 0 saturated carbocycles. The number of hydrogen-bond donors (Lipinski definition) is 2. The highest BCUT2D eigenvalue weighted by molar-refractivity contribution is 6.30. The lowest BCUT2D eigenvalue weighted by molar-refractivity contribution is 0.0905. The standard InChI is InChI=1S/C21H26ClN3O2/c1-15-2-5-17(23)14-20(15)21(26)24-18-8-10-25(11-9-18)12-13-27-19-6-3-16(22)4-7-19/h2-7,14,18H,8-13,23H2,1H3,(H,24,26). The summed E-state index contributed by atoms with van der Waals surface area (Å²) in [5.41, 5.74) is 8.02. The summed E-state index contributed by atoms with van der Waals surface area (Å²) in [7, 11) is 0. The van der Waals surface area contributed by atoms with Crippen molar-refractivity contribution in [2.45, 2.75) is 25.8 Å². The van der Waals surface area contributed by atoms with Crippen LogP contribution < -0.4 is 15.8 Å². The molecule has 1 heterocycles. The maximum atomic E-state index is 12.5. The van der Waals surface area contributed by atoms with Crippen molar-refractivity contribution >= 4 is 23.2 Å². The predicted octanol–water partition coefficient (Wildman–Crippen LogP) is 3.50. The highest BCUT2D eigenvalue weighted by atomic mass is 35.5. The molecule has 0 aliphatic carbocycles. The molecule has 0 spiro atoms. The van der Waals surface area contributed by atoms with Crippen LogP contribution in [0.1, 0.15) is 28.8 Å². The lowest BCUT2D eigenvalue weighted by Crippen LogP contribution is -2.45. The number of rotatable bonds is 6. The summed E-state index contributed by atoms with van der Waals surface area (Å²) in [6.45, 7) is 5.34. The summed E-state index contributed by atoms with van der Waals surface area (Å²) in [6.07, 6.45) is 1.88. The number of nitrogens with zero attached hydrogens (tertiary/aromatic N) is 1. The van der Waals surface area contributed by atoms with Gasteiger partial charge in [-0.1, -0.05) is 17.7 Å². The van der Waals surface area contributed by atoms with E-state index in [0.717, 1.165) is 43.8 Å². The molecule has 1 fully saturated rings. The van der Waals surface area contributed by atoms with Gasteiger partial charge in [-0.25, -0.2) is 0 Å². The summed E-state index contributed by atoms with van der Waals surface area (Å²) in [6, 6.07) is 13.1. The number of nitrogens with one attached hydrogen (secondary N) is 1. The molecule has 1 aliphatic rings. The number of piperidine rings is 1. The van der Waals surface area contributed by atoms with Crippen LogP contribution in [-0.4, -0.2) is 43.1 Å². The molecule has 1 aliphatic heterocycles. The third-order valence-corrected chi connectivity index (χ3v) is 5.17. The number of hydrogen-bond acceptors (Lipinski definition) is 4. The van der Waals surface area contributed by atoms with Crippen LogP contribution in [0, 0.1) is 6.92 Å². The van der Waals surface area contributed by atoms with E-state index in [1.807, 2.05) is 43.3 Å². The Morgan fingerprint density at radius 1 is 1.22 bits per heavy atom. The van der Waals surface area contributed by atoms with Gasteiger partial charge in [-0.2, -0.15) is 0 Å². The van der Waals surface area contributed by atoms with Crippen molar-refractivity contribution < 1.29 is 9.53 Å². The van der Waals surface area contributed by atoms with Crippen molar-refractivity contribution in [1.82, 2.24) is 10.2 Å². The zero-order chi connectivity index (χ0) is 19.2. The summed E-state index contributed by atoms with van der Waals surface area (Å²) in [5, 5.41) is 3.85. The van der Waals surface area contributed by atoms with Gasteiger partial charge in [0.25, 0.3) is 5.91 Å². The first-order valence-corrected chi connectivity index (χ1v) is 9.67. The van der Waals surface area contributed by atoms with E-state index in [2.05, 4.69) is 10.2 Å². The van der Waals surface area contributed by atoms with Crippen LogP contribution >= 0.6 is 11.6 Å². The van der Waals surface area contributed by atoms with Crippen molar-refractivity contribution in [3.63, 3.8) is 0 Å². The quantitative estimate of drug-likeness (QED) is 0.744. The number of aryl methyl sites for hydroxylation is 1. The number of ether oxygens (including phenoxy) is 1. The van der Waals surface area contributed by atoms with E-state index in [1.165, 1.54) is 0 Å². The Balaban J connectivity index is 1.40. The molecule has 1 saturated heterocycles. The van der Waals surface area contributed by atoms with E-state index in [1.54, 1.807) is 6.07 Å². The molecule has 0 atom stereocenters. The second kappa shape index (κ2) is 9.11. The van der Waals surface area contributed by atoms with Crippen LogP contribution in [0.25, 0.3) is 0 Å². The smallest absolute Gasteiger partial charge is 0.251 e. The number of carbonyl (C=O) groups is 1. The van der Waals surface area contributed by atoms with Gasteiger partial charge in [-0.05, 0) is 61.7 Å². The number of halogens is 1. The van der Waals surface area contributed by atoms with Crippen LogP contribution in [0.15, 0.2) is 42.5 Å². The van der Waals surface area contributed by atoms with Gasteiger partial charge >= 0.3 is 0 Å². The van der Waals surface area contributed by atoms with Gasteiger partial charge in [0.2, 0.25) is 0 Å². The molecular formula is C21H26ClN3O2. The van der Waals surface area contributed by atoms with Gasteiger partial charge in [-0.3, -0.25) is 9.69 Å². The highest BCUT2D eigenvalue weighted by Gasteiger charge is 2.21. The Labute approximate surface area is 165 Å². The van der Waals surface area contributed by atoms with Crippen molar-refractivity contribution in [3.05, 3.63) is 58.6 Å². The number of benzene rings is 2. The summed E-state index contributed by atoms with van der Waals surface area (Å²) in [4.78, 5) is 14.9. The minimum atomic E-state index is -0.0377. The molecular weight excluding hydrogens is 362 g/mol. The van der Waals surface area contributed by atoms with Gasteiger partial charge in [0, 0.05) is 41.9 Å². The maximum Gasteiger partial charge on any atom is 0.251 e. The first-order chi connectivity index (χ1) is 13.0. The molecule has 2 aromatic rings. The zero-order valence-corrected chi connectivity index (χ0v) is 16.3. The second-order valence-electron chi connectivity index (χ2n) is 6.97. The van der Waals surface area contributed by atoms with E-state index in [9.17, 15) is 4.79 Å². The Hall–Kier alpha value is -2.24. The van der Waals surface area contributed by atoms with Crippen LogP contribution in [0.2, 0.25) is 5.02 Å². The molecule has 2 aromatic carbocycles. The minimum Gasteiger partial charge on any atom is -0.492 e. The van der Waals surface area contributed by atoms with Crippen molar-refractivity contribution in [3.8, 4) is 5.75 Å². The highest BCUT2D eigenvalue weighted by Crippen LogP contribution is 2.17. The third-order valence-electron chi connectivity index (χ3n) is 4.92. The topological polar surface area (TPSA) is 67.6 Å². The lowest BCUT2D eigenvalue weighted by atomic mass is 10.0. The molecule has 0 radical (unpaired) electrons. The van der Waals surface area contributed by atoms with Crippen LogP contribution in [0.3, 0.4) is 0 Å². The summed E-state index contributed by atoms with van der Waals surface area (Å²) >= 11 is 5.87. The van der Waals surface area contributed by atoms with Gasteiger partial charge in [0.15, 0.2) is 0 Å². The first-order valence-electron chi connectivity index (χ1n) is 9.29. The summed E-state index contributed by atoms with van der Waals surface area (Å²) in [5.74, 6) is 0.795. The van der Waals surface area contributed by atoms with Crippen LogP contribution in [0.5, 0.6) is 5.75 Å². The lowest BCUT2D eigenvalue weighted by Gasteiger charge is -2.32. The number of likely N-dealkylation sites (tertiary alicyclic amines) is 1. The number of nitrogen functional groups attached to an aromatic ring is 1. The number of amides is 1. The van der Waals surface area contributed by atoms with Gasteiger partial charge < -0.3 is 15.8 Å². The number of carbonyl (C=O) groups excluding carboxylic acids is 1. The van der Waals surface area contributed by atoms with Gasteiger partial charge in [0.05, 0.1) is 0 Å². The van der Waals surface area contributed by atoms with Crippen molar-refractivity contribution in [2.75, 3.05) is 32.0 Å². The van der Waals surface area contributed by atoms with E-state index in [4.69, 9.17) is 22.1 Å². The fourth-order valence-electron chi connectivity index (χ4n) is 3.27. The molecule has 5 nitrogen and oxygen atoms in total. The molecule has 3 rings (SSSR count). The normalized spacial score (nSPS) is 15.5. The molecule has 6 heteroatoms. The predicted molar refractivity (Wildman–Crippen MR) is 109 cm³/mol. The zero-order valence-electron chi connectivity index (χ0n) is 15.6.